The highest BCUT2D eigenvalue weighted by atomic mass is 16.1. The number of nitrogens with zero attached hydrogens (tertiary/aromatic N) is 1. The van der Waals surface area contributed by atoms with Gasteiger partial charge in [-0.25, -0.2) is 0 Å². The smallest absolute Gasteiger partial charge is 0.250 e. The minimum Gasteiger partial charge on any atom is -0.398 e. The van der Waals surface area contributed by atoms with E-state index in [9.17, 15) is 4.79 Å². The van der Waals surface area contributed by atoms with E-state index < -0.39 is 5.91 Å². The zero-order valence-electron chi connectivity index (χ0n) is 9.44. The highest BCUT2D eigenvalue weighted by Gasteiger charge is 2.22. The number of nitrogens with two attached hydrogens (primary N) is 2. The van der Waals surface area contributed by atoms with E-state index in [2.05, 4.69) is 4.90 Å². The third kappa shape index (κ3) is 1.83. The van der Waals surface area contributed by atoms with E-state index in [0.29, 0.717) is 17.3 Å². The lowest BCUT2D eigenvalue weighted by Gasteiger charge is -2.36. The Kier molecular flexibility index (Phi) is 2.73. The third-order valence-corrected chi connectivity index (χ3v) is 3.33. The normalized spacial score (nSPS) is 15.6. The van der Waals surface area contributed by atoms with E-state index in [1.807, 2.05) is 13.1 Å². The molecule has 1 amide bonds. The Labute approximate surface area is 95.2 Å². The zero-order chi connectivity index (χ0) is 11.7. The molecule has 0 saturated heterocycles. The molecule has 0 aliphatic heterocycles. The molecule has 16 heavy (non-hydrogen) atoms. The highest BCUT2D eigenvalue weighted by molar-refractivity contribution is 5.99. The van der Waals surface area contributed by atoms with Gasteiger partial charge in [-0.1, -0.05) is 0 Å². The SMILES string of the molecule is CN(c1ccc(N)c(C(N)=O)c1)C1CCC1. The summed E-state index contributed by atoms with van der Waals surface area (Å²) >= 11 is 0. The minimum absolute atomic E-state index is 0.406. The van der Waals surface area contributed by atoms with Gasteiger partial charge in [0.15, 0.2) is 0 Å². The number of anilines is 2. The first-order chi connectivity index (χ1) is 7.59. The maximum absolute atomic E-state index is 11.2. The van der Waals surface area contributed by atoms with Gasteiger partial charge < -0.3 is 16.4 Å². The number of carbonyl (C=O) groups is 1. The molecular weight excluding hydrogens is 202 g/mol. The fourth-order valence-corrected chi connectivity index (χ4v) is 1.96. The van der Waals surface area contributed by atoms with Crippen molar-refractivity contribution < 1.29 is 4.79 Å². The Bertz CT molecular complexity index is 413. The van der Waals surface area contributed by atoms with Crippen molar-refractivity contribution in [1.29, 1.82) is 0 Å². The molecule has 1 fully saturated rings. The molecule has 0 atom stereocenters. The van der Waals surface area contributed by atoms with Crippen molar-refractivity contribution in [3.63, 3.8) is 0 Å². The number of nitrogen functional groups attached to an aromatic ring is 1. The summed E-state index contributed by atoms with van der Waals surface area (Å²) in [6, 6.07) is 6.03. The molecule has 1 saturated carbocycles. The standard InChI is InChI=1S/C12H17N3O/c1-15(8-3-2-4-8)9-5-6-11(13)10(7-9)12(14)16/h5-8H,2-4,13H2,1H3,(H2,14,16). The fraction of sp³-hybridized carbons (Fsp3) is 0.417. The average molecular weight is 219 g/mol. The molecule has 1 aromatic carbocycles. The lowest BCUT2D eigenvalue weighted by Crippen LogP contribution is -2.37. The number of hydrogen-bond donors (Lipinski definition) is 2. The second-order valence-corrected chi connectivity index (χ2v) is 4.33. The van der Waals surface area contributed by atoms with Crippen molar-refractivity contribution in [2.24, 2.45) is 5.73 Å². The predicted molar refractivity (Wildman–Crippen MR) is 65.4 cm³/mol. The van der Waals surface area contributed by atoms with Gasteiger partial charge in [-0.3, -0.25) is 4.79 Å². The Morgan fingerprint density at radius 2 is 2.12 bits per heavy atom. The average Bonchev–Trinajstić information content (AvgIpc) is 2.15. The van der Waals surface area contributed by atoms with Crippen LogP contribution in [0.15, 0.2) is 18.2 Å². The summed E-state index contributed by atoms with van der Waals surface area (Å²) in [4.78, 5) is 13.4. The van der Waals surface area contributed by atoms with Gasteiger partial charge in [-0.15, -0.1) is 0 Å². The Hall–Kier alpha value is -1.71. The van der Waals surface area contributed by atoms with Gasteiger partial charge in [-0.05, 0) is 37.5 Å². The monoisotopic (exact) mass is 219 g/mol. The van der Waals surface area contributed by atoms with E-state index in [1.165, 1.54) is 19.3 Å². The van der Waals surface area contributed by atoms with E-state index in [0.717, 1.165) is 5.69 Å². The maximum Gasteiger partial charge on any atom is 0.250 e. The quantitative estimate of drug-likeness (QED) is 0.754. The Morgan fingerprint density at radius 1 is 1.44 bits per heavy atom. The molecule has 0 heterocycles. The zero-order valence-corrected chi connectivity index (χ0v) is 9.44. The molecule has 4 N–H and O–H groups in total. The van der Waals surface area contributed by atoms with Crippen LogP contribution in [0, 0.1) is 0 Å². The number of rotatable bonds is 3. The molecule has 0 radical (unpaired) electrons. The summed E-state index contributed by atoms with van der Waals surface area (Å²) in [5.41, 5.74) is 12.8. The highest BCUT2D eigenvalue weighted by Crippen LogP contribution is 2.29. The molecule has 1 aromatic rings. The van der Waals surface area contributed by atoms with Crippen LogP contribution in [0.5, 0.6) is 0 Å². The molecule has 1 aliphatic carbocycles. The molecule has 4 nitrogen and oxygen atoms in total. The number of amides is 1. The minimum atomic E-state index is -0.471. The molecule has 0 unspecified atom stereocenters. The second kappa shape index (κ2) is 4.04. The summed E-state index contributed by atoms with van der Waals surface area (Å²) in [5, 5.41) is 0. The van der Waals surface area contributed by atoms with Crippen molar-refractivity contribution >= 4 is 17.3 Å². The van der Waals surface area contributed by atoms with E-state index in [1.54, 1.807) is 12.1 Å². The molecule has 0 aromatic heterocycles. The van der Waals surface area contributed by atoms with E-state index >= 15 is 0 Å². The molecule has 1 aliphatic rings. The second-order valence-electron chi connectivity index (χ2n) is 4.33. The molecule has 0 bridgehead atoms. The predicted octanol–water partition coefficient (Wildman–Crippen LogP) is 1.36. The van der Waals surface area contributed by atoms with Crippen molar-refractivity contribution in [3.8, 4) is 0 Å². The molecule has 0 spiro atoms. The number of benzene rings is 1. The van der Waals surface area contributed by atoms with Gasteiger partial charge >= 0.3 is 0 Å². The first-order valence-corrected chi connectivity index (χ1v) is 5.52. The number of hydrogen-bond acceptors (Lipinski definition) is 3. The maximum atomic E-state index is 11.2. The molecule has 4 heteroatoms. The van der Waals surface area contributed by atoms with Crippen LogP contribution in [0.1, 0.15) is 29.6 Å². The summed E-state index contributed by atoms with van der Waals surface area (Å²) < 4.78 is 0. The lowest BCUT2D eigenvalue weighted by molar-refractivity contribution is 0.100. The fourth-order valence-electron chi connectivity index (χ4n) is 1.96. The van der Waals surface area contributed by atoms with Crippen molar-refractivity contribution in [2.75, 3.05) is 17.7 Å². The first kappa shape index (κ1) is 10.8. The van der Waals surface area contributed by atoms with Gasteiger partial charge in [-0.2, -0.15) is 0 Å². The van der Waals surface area contributed by atoms with Crippen LogP contribution in [0.3, 0.4) is 0 Å². The molecule has 86 valence electrons. The summed E-state index contributed by atoms with van der Waals surface area (Å²) in [7, 11) is 2.04. The molecular formula is C12H17N3O. The van der Waals surface area contributed by atoms with Gasteiger partial charge in [0.2, 0.25) is 0 Å². The Morgan fingerprint density at radius 3 is 2.62 bits per heavy atom. The van der Waals surface area contributed by atoms with Crippen LogP contribution in [-0.4, -0.2) is 19.0 Å². The summed E-state index contributed by atoms with van der Waals surface area (Å²) in [6.45, 7) is 0. The van der Waals surface area contributed by atoms with Crippen molar-refractivity contribution in [3.05, 3.63) is 23.8 Å². The van der Waals surface area contributed by atoms with Gasteiger partial charge in [0, 0.05) is 24.5 Å². The van der Waals surface area contributed by atoms with E-state index in [-0.39, 0.29) is 0 Å². The van der Waals surface area contributed by atoms with Crippen molar-refractivity contribution in [2.45, 2.75) is 25.3 Å². The van der Waals surface area contributed by atoms with Gasteiger partial charge in [0.1, 0.15) is 0 Å². The Balaban J connectivity index is 2.27. The summed E-state index contributed by atoms with van der Waals surface area (Å²) in [5.74, 6) is -0.471. The largest absolute Gasteiger partial charge is 0.398 e. The lowest BCUT2D eigenvalue weighted by atomic mass is 9.91. The van der Waals surface area contributed by atoms with Gasteiger partial charge in [0.25, 0.3) is 5.91 Å². The first-order valence-electron chi connectivity index (χ1n) is 5.52. The van der Waals surface area contributed by atoms with Crippen LogP contribution >= 0.6 is 0 Å². The number of carbonyl (C=O) groups excluding carboxylic acids is 1. The summed E-state index contributed by atoms with van der Waals surface area (Å²) in [6.07, 6.45) is 3.71. The van der Waals surface area contributed by atoms with Crippen LogP contribution in [0.25, 0.3) is 0 Å². The van der Waals surface area contributed by atoms with Gasteiger partial charge in [0.05, 0.1) is 5.56 Å². The van der Waals surface area contributed by atoms with E-state index in [4.69, 9.17) is 11.5 Å². The molecule has 2 rings (SSSR count). The van der Waals surface area contributed by atoms with Crippen molar-refractivity contribution in [1.82, 2.24) is 0 Å². The topological polar surface area (TPSA) is 72.3 Å². The van der Waals surface area contributed by atoms with Crippen LogP contribution in [0.4, 0.5) is 11.4 Å². The third-order valence-electron chi connectivity index (χ3n) is 3.33. The number of primary amides is 1. The van der Waals surface area contributed by atoms with Crippen LogP contribution in [-0.2, 0) is 0 Å². The van der Waals surface area contributed by atoms with Crippen LogP contribution in [0.2, 0.25) is 0 Å². The van der Waals surface area contributed by atoms with Crippen LogP contribution < -0.4 is 16.4 Å².